The van der Waals surface area contributed by atoms with Crippen LogP contribution in [0.2, 0.25) is 0 Å². The third-order valence-electron chi connectivity index (χ3n) is 3.09. The molecular formula is C16H21FN4. The van der Waals surface area contributed by atoms with Gasteiger partial charge in [-0.1, -0.05) is 19.9 Å². The van der Waals surface area contributed by atoms with Crippen molar-refractivity contribution < 1.29 is 4.39 Å². The standard InChI is InChI=1S/C16H21FN4/c1-12(2)8-18-9-14-10-20-16(11-19-14)21(3)15-6-4-5-13(17)7-15/h4-7,10-12,18H,8-9H2,1-3H3. The first-order chi connectivity index (χ1) is 10.1. The largest absolute Gasteiger partial charge is 0.328 e. The van der Waals surface area contributed by atoms with Gasteiger partial charge >= 0.3 is 0 Å². The third-order valence-corrected chi connectivity index (χ3v) is 3.09. The number of hydrogen-bond acceptors (Lipinski definition) is 4. The summed E-state index contributed by atoms with van der Waals surface area (Å²) in [6, 6.07) is 6.41. The molecule has 0 fully saturated rings. The van der Waals surface area contributed by atoms with Gasteiger partial charge in [0, 0.05) is 19.3 Å². The van der Waals surface area contributed by atoms with Gasteiger partial charge in [-0.25, -0.2) is 9.37 Å². The zero-order chi connectivity index (χ0) is 15.2. The van der Waals surface area contributed by atoms with E-state index in [4.69, 9.17) is 0 Å². The molecule has 1 N–H and O–H groups in total. The van der Waals surface area contributed by atoms with E-state index in [9.17, 15) is 4.39 Å². The van der Waals surface area contributed by atoms with Crippen LogP contribution in [0.3, 0.4) is 0 Å². The number of halogens is 1. The van der Waals surface area contributed by atoms with Gasteiger partial charge in [0.2, 0.25) is 0 Å². The van der Waals surface area contributed by atoms with Crippen molar-refractivity contribution >= 4 is 11.5 Å². The highest BCUT2D eigenvalue weighted by molar-refractivity contribution is 5.58. The van der Waals surface area contributed by atoms with Crippen LogP contribution in [0.5, 0.6) is 0 Å². The van der Waals surface area contributed by atoms with Crippen LogP contribution >= 0.6 is 0 Å². The summed E-state index contributed by atoms with van der Waals surface area (Å²) in [6.07, 6.45) is 3.45. The number of anilines is 2. The molecule has 0 saturated carbocycles. The van der Waals surface area contributed by atoms with Crippen LogP contribution in [-0.2, 0) is 6.54 Å². The normalized spacial score (nSPS) is 10.9. The molecule has 0 aliphatic rings. The smallest absolute Gasteiger partial charge is 0.151 e. The summed E-state index contributed by atoms with van der Waals surface area (Å²) < 4.78 is 13.2. The van der Waals surface area contributed by atoms with Crippen LogP contribution < -0.4 is 10.2 Å². The van der Waals surface area contributed by atoms with Gasteiger partial charge in [-0.05, 0) is 30.7 Å². The van der Waals surface area contributed by atoms with E-state index >= 15 is 0 Å². The molecule has 112 valence electrons. The molecule has 1 aromatic heterocycles. The minimum atomic E-state index is -0.262. The lowest BCUT2D eigenvalue weighted by molar-refractivity contribution is 0.547. The Morgan fingerprint density at radius 1 is 1.24 bits per heavy atom. The molecule has 0 bridgehead atoms. The lowest BCUT2D eigenvalue weighted by Gasteiger charge is -2.18. The van der Waals surface area contributed by atoms with Crippen molar-refractivity contribution in [1.29, 1.82) is 0 Å². The maximum Gasteiger partial charge on any atom is 0.151 e. The van der Waals surface area contributed by atoms with Crippen molar-refractivity contribution in [3.05, 3.63) is 48.2 Å². The summed E-state index contributed by atoms with van der Waals surface area (Å²) in [5.74, 6) is 1.03. The molecule has 4 nitrogen and oxygen atoms in total. The molecule has 21 heavy (non-hydrogen) atoms. The van der Waals surface area contributed by atoms with Crippen LogP contribution in [0, 0.1) is 11.7 Å². The summed E-state index contributed by atoms with van der Waals surface area (Å²) in [7, 11) is 1.84. The van der Waals surface area contributed by atoms with E-state index in [-0.39, 0.29) is 5.82 Å². The molecule has 0 amide bonds. The van der Waals surface area contributed by atoms with Crippen molar-refractivity contribution in [3.8, 4) is 0 Å². The molecule has 0 aliphatic carbocycles. The lowest BCUT2D eigenvalue weighted by atomic mass is 10.2. The number of benzene rings is 1. The lowest BCUT2D eigenvalue weighted by Crippen LogP contribution is -2.20. The Morgan fingerprint density at radius 2 is 2.05 bits per heavy atom. The Bertz CT molecular complexity index is 569. The average Bonchev–Trinajstić information content (AvgIpc) is 2.47. The van der Waals surface area contributed by atoms with Crippen LogP contribution in [0.1, 0.15) is 19.5 Å². The predicted octanol–water partition coefficient (Wildman–Crippen LogP) is 3.13. The molecular weight excluding hydrogens is 267 g/mol. The zero-order valence-electron chi connectivity index (χ0n) is 12.7. The van der Waals surface area contributed by atoms with Gasteiger partial charge in [-0.15, -0.1) is 0 Å². The second-order valence-electron chi connectivity index (χ2n) is 5.43. The maximum absolute atomic E-state index is 13.2. The molecule has 1 heterocycles. The van der Waals surface area contributed by atoms with E-state index in [1.807, 2.05) is 13.1 Å². The van der Waals surface area contributed by atoms with Gasteiger partial charge in [0.25, 0.3) is 0 Å². The van der Waals surface area contributed by atoms with Gasteiger partial charge in [-0.2, -0.15) is 0 Å². The van der Waals surface area contributed by atoms with Gasteiger partial charge in [0.05, 0.1) is 18.1 Å². The SMILES string of the molecule is CC(C)CNCc1cnc(N(C)c2cccc(F)c2)cn1. The van der Waals surface area contributed by atoms with E-state index < -0.39 is 0 Å². The quantitative estimate of drug-likeness (QED) is 0.886. The van der Waals surface area contributed by atoms with Gasteiger partial charge in [0.1, 0.15) is 5.82 Å². The van der Waals surface area contributed by atoms with E-state index in [0.717, 1.165) is 17.9 Å². The Labute approximate surface area is 125 Å². The Hall–Kier alpha value is -2.01. The molecule has 0 aliphatic heterocycles. The topological polar surface area (TPSA) is 41.1 Å². The van der Waals surface area contributed by atoms with Gasteiger partial charge in [0.15, 0.2) is 5.82 Å². The van der Waals surface area contributed by atoms with Crippen LogP contribution in [-0.4, -0.2) is 23.6 Å². The fraction of sp³-hybridized carbons (Fsp3) is 0.375. The van der Waals surface area contributed by atoms with Crippen LogP contribution in [0.25, 0.3) is 0 Å². The molecule has 5 heteroatoms. The first-order valence-corrected chi connectivity index (χ1v) is 7.07. The minimum absolute atomic E-state index is 0.262. The summed E-state index contributed by atoms with van der Waals surface area (Å²) >= 11 is 0. The Balaban J connectivity index is 2.01. The summed E-state index contributed by atoms with van der Waals surface area (Å²) in [6.45, 7) is 5.98. The number of aromatic nitrogens is 2. The molecule has 0 radical (unpaired) electrons. The van der Waals surface area contributed by atoms with Crippen molar-refractivity contribution in [2.24, 2.45) is 5.92 Å². The molecule has 0 unspecified atom stereocenters. The fourth-order valence-electron chi connectivity index (χ4n) is 1.92. The summed E-state index contributed by atoms with van der Waals surface area (Å²) in [5, 5.41) is 3.32. The molecule has 0 saturated heterocycles. The maximum atomic E-state index is 13.2. The molecule has 1 aromatic carbocycles. The minimum Gasteiger partial charge on any atom is -0.328 e. The zero-order valence-corrected chi connectivity index (χ0v) is 12.7. The molecule has 0 spiro atoms. The number of hydrogen-bond donors (Lipinski definition) is 1. The Kier molecular flexibility index (Phi) is 5.22. The molecule has 2 aromatic rings. The van der Waals surface area contributed by atoms with Crippen molar-refractivity contribution in [3.63, 3.8) is 0 Å². The number of rotatable bonds is 6. The average molecular weight is 288 g/mol. The van der Waals surface area contributed by atoms with Gasteiger partial charge in [-0.3, -0.25) is 4.98 Å². The second-order valence-corrected chi connectivity index (χ2v) is 5.43. The van der Waals surface area contributed by atoms with Crippen molar-refractivity contribution in [2.45, 2.75) is 20.4 Å². The van der Waals surface area contributed by atoms with Crippen molar-refractivity contribution in [2.75, 3.05) is 18.5 Å². The summed E-state index contributed by atoms with van der Waals surface area (Å²) in [5.41, 5.74) is 1.64. The van der Waals surface area contributed by atoms with E-state index in [1.54, 1.807) is 23.4 Å². The third kappa shape index (κ3) is 4.49. The first kappa shape index (κ1) is 15.4. The van der Waals surface area contributed by atoms with Crippen LogP contribution in [0.15, 0.2) is 36.7 Å². The van der Waals surface area contributed by atoms with E-state index in [2.05, 4.69) is 29.1 Å². The van der Waals surface area contributed by atoms with Gasteiger partial charge < -0.3 is 10.2 Å². The Morgan fingerprint density at radius 3 is 2.67 bits per heavy atom. The highest BCUT2D eigenvalue weighted by Gasteiger charge is 2.07. The first-order valence-electron chi connectivity index (χ1n) is 7.07. The fourth-order valence-corrected chi connectivity index (χ4v) is 1.92. The highest BCUT2D eigenvalue weighted by Crippen LogP contribution is 2.21. The van der Waals surface area contributed by atoms with Crippen molar-refractivity contribution in [1.82, 2.24) is 15.3 Å². The summed E-state index contributed by atoms with van der Waals surface area (Å²) in [4.78, 5) is 10.6. The second kappa shape index (κ2) is 7.13. The number of nitrogens with zero attached hydrogens (tertiary/aromatic N) is 3. The highest BCUT2D eigenvalue weighted by atomic mass is 19.1. The monoisotopic (exact) mass is 288 g/mol. The van der Waals surface area contributed by atoms with E-state index in [0.29, 0.717) is 18.3 Å². The van der Waals surface area contributed by atoms with E-state index in [1.165, 1.54) is 12.1 Å². The van der Waals surface area contributed by atoms with Crippen LogP contribution in [0.4, 0.5) is 15.9 Å². The molecule has 2 rings (SSSR count). The predicted molar refractivity (Wildman–Crippen MR) is 83.0 cm³/mol. The molecule has 0 atom stereocenters. The number of nitrogens with one attached hydrogen (secondary N) is 1.